The van der Waals surface area contributed by atoms with Gasteiger partial charge in [0, 0.05) is 19.8 Å². The van der Waals surface area contributed by atoms with Crippen molar-refractivity contribution in [3.05, 3.63) is 29.8 Å². The fourth-order valence-electron chi connectivity index (χ4n) is 1.79. The number of benzene rings is 1. The highest BCUT2D eigenvalue weighted by Gasteiger charge is 2.23. The van der Waals surface area contributed by atoms with Crippen molar-refractivity contribution in [1.29, 1.82) is 0 Å². The van der Waals surface area contributed by atoms with Crippen LogP contribution in [-0.4, -0.2) is 33.0 Å². The van der Waals surface area contributed by atoms with Gasteiger partial charge >= 0.3 is 0 Å². The fourth-order valence-corrected chi connectivity index (χ4v) is 1.79. The third kappa shape index (κ3) is 5.19. The molecule has 0 aromatic heterocycles. The van der Waals surface area contributed by atoms with Gasteiger partial charge in [0.1, 0.15) is 5.75 Å². The van der Waals surface area contributed by atoms with E-state index in [1.165, 1.54) is 12.8 Å². The van der Waals surface area contributed by atoms with Crippen molar-refractivity contribution in [2.45, 2.75) is 31.4 Å². The van der Waals surface area contributed by atoms with Gasteiger partial charge in [0.2, 0.25) is 0 Å². The quantitative estimate of drug-likeness (QED) is 0.696. The highest BCUT2D eigenvalue weighted by molar-refractivity contribution is 5.29. The van der Waals surface area contributed by atoms with Crippen molar-refractivity contribution < 1.29 is 14.2 Å². The van der Waals surface area contributed by atoms with E-state index >= 15 is 0 Å². The first kappa shape index (κ1) is 14.3. The van der Waals surface area contributed by atoms with E-state index in [2.05, 4.69) is 0 Å². The predicted molar refractivity (Wildman–Crippen MR) is 74.3 cm³/mol. The maximum Gasteiger partial charge on any atom is 0.119 e. The van der Waals surface area contributed by atoms with Gasteiger partial charge < -0.3 is 19.9 Å². The number of hydrogen-bond acceptors (Lipinski definition) is 4. The van der Waals surface area contributed by atoms with Gasteiger partial charge in [-0.2, -0.15) is 0 Å². The van der Waals surface area contributed by atoms with Crippen LogP contribution >= 0.6 is 0 Å². The molecule has 1 aromatic carbocycles. The van der Waals surface area contributed by atoms with Crippen LogP contribution in [0.2, 0.25) is 0 Å². The molecule has 0 heterocycles. The van der Waals surface area contributed by atoms with Crippen LogP contribution < -0.4 is 10.5 Å². The first-order valence-electron chi connectivity index (χ1n) is 6.88. The van der Waals surface area contributed by atoms with E-state index in [-0.39, 0.29) is 6.04 Å². The summed E-state index contributed by atoms with van der Waals surface area (Å²) in [7, 11) is 1.67. The zero-order valence-electron chi connectivity index (χ0n) is 11.5. The van der Waals surface area contributed by atoms with Crippen molar-refractivity contribution in [2.24, 2.45) is 5.73 Å². The number of methoxy groups -OCH3 is 1. The zero-order chi connectivity index (χ0) is 13.5. The van der Waals surface area contributed by atoms with Crippen molar-refractivity contribution in [3.8, 4) is 5.75 Å². The molecule has 1 aromatic rings. The first-order chi connectivity index (χ1) is 9.29. The van der Waals surface area contributed by atoms with Crippen LogP contribution in [0.4, 0.5) is 0 Å². The summed E-state index contributed by atoms with van der Waals surface area (Å²) in [5.41, 5.74) is 7.24. The van der Waals surface area contributed by atoms with Gasteiger partial charge in [-0.25, -0.2) is 0 Å². The van der Waals surface area contributed by atoms with Gasteiger partial charge in [-0.1, -0.05) is 12.1 Å². The zero-order valence-corrected chi connectivity index (χ0v) is 11.5. The molecule has 1 saturated carbocycles. The van der Waals surface area contributed by atoms with E-state index in [1.54, 1.807) is 7.11 Å². The van der Waals surface area contributed by atoms with Crippen molar-refractivity contribution in [2.75, 3.05) is 26.9 Å². The highest BCUT2D eigenvalue weighted by Crippen LogP contribution is 2.27. The molecule has 1 atom stereocenters. The van der Waals surface area contributed by atoms with Crippen LogP contribution in [0.1, 0.15) is 30.9 Å². The Morgan fingerprint density at radius 1 is 1.16 bits per heavy atom. The first-order valence-corrected chi connectivity index (χ1v) is 6.88. The Bertz CT molecular complexity index is 362. The molecule has 1 fully saturated rings. The number of hydrogen-bond donors (Lipinski definition) is 1. The van der Waals surface area contributed by atoms with Gasteiger partial charge in [-0.3, -0.25) is 0 Å². The Kier molecular flexibility index (Phi) is 5.63. The topological polar surface area (TPSA) is 53.7 Å². The molecule has 1 unspecified atom stereocenters. The lowest BCUT2D eigenvalue weighted by Gasteiger charge is -2.13. The molecule has 0 bridgehead atoms. The summed E-state index contributed by atoms with van der Waals surface area (Å²) < 4.78 is 16.0. The molecule has 4 nitrogen and oxygen atoms in total. The summed E-state index contributed by atoms with van der Waals surface area (Å²) in [5, 5.41) is 0. The minimum absolute atomic E-state index is 0.0116. The summed E-state index contributed by atoms with van der Waals surface area (Å²) in [4.78, 5) is 0. The molecule has 1 aliphatic carbocycles. The molecule has 2 N–H and O–H groups in total. The Morgan fingerprint density at radius 2 is 1.89 bits per heavy atom. The van der Waals surface area contributed by atoms with Crippen LogP contribution in [0.25, 0.3) is 0 Å². The largest absolute Gasteiger partial charge is 0.490 e. The van der Waals surface area contributed by atoms with Gasteiger partial charge in [0.15, 0.2) is 0 Å². The molecular formula is C15H23NO3. The molecule has 1 aliphatic rings. The average molecular weight is 265 g/mol. The lowest BCUT2D eigenvalue weighted by molar-refractivity contribution is 0.0672. The summed E-state index contributed by atoms with van der Waals surface area (Å²) in [6.07, 6.45) is 3.61. The standard InChI is InChI=1S/C15H23NO3/c1-17-10-11-18-9-8-15(16)12-2-4-13(5-3-12)19-14-6-7-14/h2-5,14-15H,6-11,16H2,1H3. The van der Waals surface area contributed by atoms with Gasteiger partial charge in [-0.15, -0.1) is 0 Å². The smallest absolute Gasteiger partial charge is 0.119 e. The van der Waals surface area contributed by atoms with Crippen LogP contribution in [0.15, 0.2) is 24.3 Å². The Labute approximate surface area is 114 Å². The molecular weight excluding hydrogens is 242 g/mol. The van der Waals surface area contributed by atoms with Crippen molar-refractivity contribution >= 4 is 0 Å². The van der Waals surface area contributed by atoms with Crippen LogP contribution in [0.3, 0.4) is 0 Å². The molecule has 0 aliphatic heterocycles. The third-order valence-electron chi connectivity index (χ3n) is 3.14. The monoisotopic (exact) mass is 265 g/mol. The molecule has 0 spiro atoms. The van der Waals surface area contributed by atoms with Crippen LogP contribution in [-0.2, 0) is 9.47 Å². The summed E-state index contributed by atoms with van der Waals surface area (Å²) in [6, 6.07) is 8.09. The minimum atomic E-state index is 0.0116. The lowest BCUT2D eigenvalue weighted by Crippen LogP contribution is -2.14. The van der Waals surface area contributed by atoms with E-state index in [1.807, 2.05) is 24.3 Å². The van der Waals surface area contributed by atoms with E-state index < -0.39 is 0 Å². The van der Waals surface area contributed by atoms with Crippen LogP contribution in [0.5, 0.6) is 5.75 Å². The van der Waals surface area contributed by atoms with E-state index in [4.69, 9.17) is 19.9 Å². The summed E-state index contributed by atoms with van der Waals surface area (Å²) in [5.74, 6) is 0.940. The molecule has 106 valence electrons. The van der Waals surface area contributed by atoms with Gasteiger partial charge in [-0.05, 0) is 37.0 Å². The average Bonchev–Trinajstić information content (AvgIpc) is 3.23. The number of nitrogens with two attached hydrogens (primary N) is 1. The molecule has 2 rings (SSSR count). The maximum atomic E-state index is 6.12. The second kappa shape index (κ2) is 7.48. The minimum Gasteiger partial charge on any atom is -0.490 e. The molecule has 0 radical (unpaired) electrons. The lowest BCUT2D eigenvalue weighted by atomic mass is 10.1. The van der Waals surface area contributed by atoms with Gasteiger partial charge in [0.25, 0.3) is 0 Å². The normalized spacial score (nSPS) is 16.3. The number of ether oxygens (including phenoxy) is 3. The van der Waals surface area contributed by atoms with E-state index in [0.717, 1.165) is 17.7 Å². The molecule has 19 heavy (non-hydrogen) atoms. The van der Waals surface area contributed by atoms with E-state index in [9.17, 15) is 0 Å². The maximum absolute atomic E-state index is 6.12. The van der Waals surface area contributed by atoms with E-state index in [0.29, 0.717) is 25.9 Å². The van der Waals surface area contributed by atoms with Crippen molar-refractivity contribution in [1.82, 2.24) is 0 Å². The summed E-state index contributed by atoms with van der Waals surface area (Å²) in [6.45, 7) is 1.91. The van der Waals surface area contributed by atoms with Crippen molar-refractivity contribution in [3.63, 3.8) is 0 Å². The fraction of sp³-hybridized carbons (Fsp3) is 0.600. The Balaban J connectivity index is 1.70. The Morgan fingerprint density at radius 3 is 2.53 bits per heavy atom. The third-order valence-corrected chi connectivity index (χ3v) is 3.14. The molecule has 0 amide bonds. The highest BCUT2D eigenvalue weighted by atomic mass is 16.5. The van der Waals surface area contributed by atoms with Crippen LogP contribution in [0, 0.1) is 0 Å². The predicted octanol–water partition coefficient (Wildman–Crippen LogP) is 2.28. The molecule has 0 saturated heterocycles. The second-order valence-corrected chi connectivity index (χ2v) is 4.89. The number of rotatable bonds is 9. The van der Waals surface area contributed by atoms with Gasteiger partial charge in [0.05, 0.1) is 19.3 Å². The Hall–Kier alpha value is -1.10. The SMILES string of the molecule is COCCOCCC(N)c1ccc(OC2CC2)cc1. The molecule has 4 heteroatoms. The summed E-state index contributed by atoms with van der Waals surface area (Å²) >= 11 is 0. The second-order valence-electron chi connectivity index (χ2n) is 4.89.